The highest BCUT2D eigenvalue weighted by Crippen LogP contribution is 2.23. The Balaban J connectivity index is 3.14. The lowest BCUT2D eigenvalue weighted by molar-refractivity contribution is 0.100. The van der Waals surface area contributed by atoms with Gasteiger partial charge < -0.3 is 16.4 Å². The van der Waals surface area contributed by atoms with Gasteiger partial charge in [-0.3, -0.25) is 4.79 Å². The summed E-state index contributed by atoms with van der Waals surface area (Å²) >= 11 is 0. The normalized spacial score (nSPS) is 10.2. The van der Waals surface area contributed by atoms with Gasteiger partial charge in [-0.05, 0) is 31.0 Å². The Kier molecular flexibility index (Phi) is 4.82. The number of hydrogen-bond donors (Lipinski definition) is 2. The molecule has 1 amide bonds. The van der Waals surface area contributed by atoms with Gasteiger partial charge in [0.15, 0.2) is 0 Å². The molecule has 0 unspecified atom stereocenters. The van der Waals surface area contributed by atoms with Crippen molar-refractivity contribution >= 4 is 17.3 Å². The molecule has 4 nitrogen and oxygen atoms in total. The Hall–Kier alpha value is -1.71. The van der Waals surface area contributed by atoms with Crippen molar-refractivity contribution in [3.8, 4) is 0 Å². The molecule has 0 radical (unpaired) electrons. The van der Waals surface area contributed by atoms with E-state index in [0.29, 0.717) is 11.3 Å². The number of amides is 1. The fraction of sp³-hybridized carbons (Fsp3) is 0.462. The van der Waals surface area contributed by atoms with Crippen molar-refractivity contribution in [3.05, 3.63) is 23.8 Å². The average Bonchev–Trinajstić information content (AvgIpc) is 2.28. The average molecular weight is 235 g/mol. The minimum Gasteiger partial charge on any atom is -0.399 e. The van der Waals surface area contributed by atoms with E-state index >= 15 is 0 Å². The summed E-state index contributed by atoms with van der Waals surface area (Å²) in [7, 11) is 0. The highest BCUT2D eigenvalue weighted by Gasteiger charge is 2.13. The summed E-state index contributed by atoms with van der Waals surface area (Å²) in [6, 6.07) is 5.23. The fourth-order valence-electron chi connectivity index (χ4n) is 1.91. The molecule has 0 spiro atoms. The van der Waals surface area contributed by atoms with Crippen LogP contribution in [0.25, 0.3) is 0 Å². The Morgan fingerprint density at radius 2 is 1.82 bits per heavy atom. The van der Waals surface area contributed by atoms with Crippen molar-refractivity contribution in [2.45, 2.75) is 26.7 Å². The maximum Gasteiger partial charge on any atom is 0.250 e. The van der Waals surface area contributed by atoms with Crippen LogP contribution in [0.15, 0.2) is 18.2 Å². The standard InChI is InChI=1S/C13H21N3O/c1-3-7-16(8-4-2)12-9-10(14)5-6-11(12)13(15)17/h5-6,9H,3-4,7-8,14H2,1-2H3,(H2,15,17). The molecule has 1 aromatic carbocycles. The molecular weight excluding hydrogens is 214 g/mol. The second-order valence-electron chi connectivity index (χ2n) is 4.13. The molecule has 0 aliphatic rings. The van der Waals surface area contributed by atoms with E-state index in [-0.39, 0.29) is 0 Å². The van der Waals surface area contributed by atoms with Crippen molar-refractivity contribution < 1.29 is 4.79 Å². The van der Waals surface area contributed by atoms with Crippen LogP contribution < -0.4 is 16.4 Å². The number of hydrogen-bond acceptors (Lipinski definition) is 3. The molecule has 0 bridgehead atoms. The molecule has 4 heteroatoms. The van der Waals surface area contributed by atoms with Gasteiger partial charge in [-0.25, -0.2) is 0 Å². The molecule has 0 atom stereocenters. The zero-order chi connectivity index (χ0) is 12.8. The molecule has 0 aliphatic carbocycles. The van der Waals surface area contributed by atoms with Gasteiger partial charge in [-0.2, -0.15) is 0 Å². The second-order valence-corrected chi connectivity index (χ2v) is 4.13. The second kappa shape index (κ2) is 6.13. The molecule has 1 rings (SSSR count). The van der Waals surface area contributed by atoms with Crippen LogP contribution in [0.4, 0.5) is 11.4 Å². The minimum absolute atomic E-state index is 0.405. The third-order valence-electron chi connectivity index (χ3n) is 2.61. The topological polar surface area (TPSA) is 72.3 Å². The van der Waals surface area contributed by atoms with Crippen molar-refractivity contribution in [1.82, 2.24) is 0 Å². The van der Waals surface area contributed by atoms with Crippen molar-refractivity contribution in [2.75, 3.05) is 23.7 Å². The van der Waals surface area contributed by atoms with Crippen molar-refractivity contribution in [1.29, 1.82) is 0 Å². The lowest BCUT2D eigenvalue weighted by Gasteiger charge is -2.25. The molecule has 4 N–H and O–H groups in total. The number of benzene rings is 1. The van der Waals surface area contributed by atoms with Crippen LogP contribution in [0, 0.1) is 0 Å². The van der Waals surface area contributed by atoms with Crippen LogP contribution in [0.3, 0.4) is 0 Å². The number of nitrogens with two attached hydrogens (primary N) is 2. The molecular formula is C13H21N3O. The van der Waals surface area contributed by atoms with E-state index in [9.17, 15) is 4.79 Å². The molecule has 0 saturated heterocycles. The number of anilines is 2. The Morgan fingerprint density at radius 1 is 1.24 bits per heavy atom. The summed E-state index contributed by atoms with van der Waals surface area (Å²) in [6.07, 6.45) is 2.04. The van der Waals surface area contributed by atoms with Gasteiger partial charge in [0, 0.05) is 18.8 Å². The van der Waals surface area contributed by atoms with Gasteiger partial charge in [-0.1, -0.05) is 13.8 Å². The van der Waals surface area contributed by atoms with Crippen LogP contribution in [0.5, 0.6) is 0 Å². The van der Waals surface area contributed by atoms with Crippen LogP contribution in [0.1, 0.15) is 37.0 Å². The van der Waals surface area contributed by atoms with E-state index in [1.54, 1.807) is 12.1 Å². The molecule has 0 aliphatic heterocycles. The number of carbonyl (C=O) groups excluding carboxylic acids is 1. The summed E-state index contributed by atoms with van der Waals surface area (Å²) in [4.78, 5) is 13.6. The summed E-state index contributed by atoms with van der Waals surface area (Å²) < 4.78 is 0. The Bertz CT molecular complexity index is 384. The van der Waals surface area contributed by atoms with Gasteiger partial charge >= 0.3 is 0 Å². The van der Waals surface area contributed by atoms with Crippen LogP contribution >= 0.6 is 0 Å². The number of rotatable bonds is 6. The first-order valence-corrected chi connectivity index (χ1v) is 6.04. The van der Waals surface area contributed by atoms with E-state index in [1.165, 1.54) is 0 Å². The molecule has 1 aromatic rings. The maximum absolute atomic E-state index is 11.4. The summed E-state index contributed by atoms with van der Waals surface area (Å²) in [5.41, 5.74) is 13.2. The monoisotopic (exact) mass is 235 g/mol. The van der Waals surface area contributed by atoms with Gasteiger partial charge in [-0.15, -0.1) is 0 Å². The predicted octanol–water partition coefficient (Wildman–Crippen LogP) is 1.99. The zero-order valence-electron chi connectivity index (χ0n) is 10.6. The first-order chi connectivity index (χ1) is 8.10. The SMILES string of the molecule is CCCN(CCC)c1cc(N)ccc1C(N)=O. The fourth-order valence-corrected chi connectivity index (χ4v) is 1.91. The van der Waals surface area contributed by atoms with Crippen LogP contribution in [-0.2, 0) is 0 Å². The quantitative estimate of drug-likeness (QED) is 0.741. The first kappa shape index (κ1) is 13.4. The molecule has 17 heavy (non-hydrogen) atoms. The molecule has 94 valence electrons. The number of primary amides is 1. The van der Waals surface area contributed by atoms with E-state index in [2.05, 4.69) is 18.7 Å². The highest BCUT2D eigenvalue weighted by molar-refractivity contribution is 5.99. The largest absolute Gasteiger partial charge is 0.399 e. The lowest BCUT2D eigenvalue weighted by Crippen LogP contribution is -2.28. The Labute approximate surface area is 103 Å². The van der Waals surface area contributed by atoms with Gasteiger partial charge in [0.25, 0.3) is 5.91 Å². The van der Waals surface area contributed by atoms with E-state index in [0.717, 1.165) is 31.6 Å². The minimum atomic E-state index is -0.405. The Morgan fingerprint density at radius 3 is 2.29 bits per heavy atom. The van der Waals surface area contributed by atoms with Crippen molar-refractivity contribution in [3.63, 3.8) is 0 Å². The van der Waals surface area contributed by atoms with Gasteiger partial charge in [0.1, 0.15) is 0 Å². The highest BCUT2D eigenvalue weighted by atomic mass is 16.1. The molecule has 0 saturated carbocycles. The van der Waals surface area contributed by atoms with E-state index in [1.807, 2.05) is 6.07 Å². The van der Waals surface area contributed by atoms with Gasteiger partial charge in [0.2, 0.25) is 0 Å². The van der Waals surface area contributed by atoms with Crippen LogP contribution in [0.2, 0.25) is 0 Å². The molecule has 0 fully saturated rings. The summed E-state index contributed by atoms with van der Waals surface area (Å²) in [5.74, 6) is -0.405. The summed E-state index contributed by atoms with van der Waals surface area (Å²) in [6.45, 7) is 6.02. The van der Waals surface area contributed by atoms with E-state index in [4.69, 9.17) is 11.5 Å². The first-order valence-electron chi connectivity index (χ1n) is 6.04. The zero-order valence-corrected chi connectivity index (χ0v) is 10.6. The third-order valence-corrected chi connectivity index (χ3v) is 2.61. The number of carbonyl (C=O) groups is 1. The summed E-state index contributed by atoms with van der Waals surface area (Å²) in [5, 5.41) is 0. The van der Waals surface area contributed by atoms with Crippen LogP contribution in [-0.4, -0.2) is 19.0 Å². The smallest absolute Gasteiger partial charge is 0.250 e. The lowest BCUT2D eigenvalue weighted by atomic mass is 10.1. The number of nitrogen functional groups attached to an aromatic ring is 1. The number of nitrogens with zero attached hydrogens (tertiary/aromatic N) is 1. The predicted molar refractivity (Wildman–Crippen MR) is 72.2 cm³/mol. The molecule has 0 aromatic heterocycles. The van der Waals surface area contributed by atoms with Gasteiger partial charge in [0.05, 0.1) is 11.3 Å². The third kappa shape index (κ3) is 3.37. The maximum atomic E-state index is 11.4. The molecule has 0 heterocycles. The van der Waals surface area contributed by atoms with Crippen molar-refractivity contribution in [2.24, 2.45) is 5.73 Å². The van der Waals surface area contributed by atoms with E-state index < -0.39 is 5.91 Å².